The summed E-state index contributed by atoms with van der Waals surface area (Å²) in [5.41, 5.74) is 1.35. The van der Waals surface area contributed by atoms with Gasteiger partial charge in [0.15, 0.2) is 5.96 Å². The Kier molecular flexibility index (Phi) is 8.90. The second-order valence-corrected chi connectivity index (χ2v) is 4.25. The number of terminal acetylenes is 1. The van der Waals surface area contributed by atoms with Crippen molar-refractivity contribution in [1.29, 1.82) is 0 Å². The minimum absolute atomic E-state index is 0. The summed E-state index contributed by atoms with van der Waals surface area (Å²) in [6.07, 6.45) is 5.17. The maximum atomic E-state index is 5.17. The largest absolute Gasteiger partial charge is 0.356 e. The summed E-state index contributed by atoms with van der Waals surface area (Å²) in [6.45, 7) is 3.52. The molecular formula is C12H18IN3S. The van der Waals surface area contributed by atoms with E-state index in [0.717, 1.165) is 12.5 Å². The Morgan fingerprint density at radius 2 is 2.35 bits per heavy atom. The van der Waals surface area contributed by atoms with E-state index in [9.17, 15) is 0 Å². The smallest absolute Gasteiger partial charge is 0.191 e. The van der Waals surface area contributed by atoms with Crippen LogP contribution in [-0.2, 0) is 0 Å². The molecule has 0 bridgehead atoms. The number of hydrogen-bond donors (Lipinski definition) is 2. The normalized spacial score (nSPS) is 12.2. The van der Waals surface area contributed by atoms with E-state index in [1.165, 1.54) is 5.56 Å². The van der Waals surface area contributed by atoms with E-state index in [0.29, 0.717) is 12.5 Å². The molecule has 0 aliphatic heterocycles. The molecule has 1 atom stereocenters. The zero-order chi connectivity index (χ0) is 11.8. The van der Waals surface area contributed by atoms with E-state index in [1.807, 2.05) is 0 Å². The minimum Gasteiger partial charge on any atom is -0.356 e. The molecule has 1 rings (SSSR count). The summed E-state index contributed by atoms with van der Waals surface area (Å²) < 4.78 is 0. The van der Waals surface area contributed by atoms with Crippen LogP contribution in [0.1, 0.15) is 18.4 Å². The summed E-state index contributed by atoms with van der Waals surface area (Å²) in [6, 6.07) is 2.15. The quantitative estimate of drug-likeness (QED) is 0.373. The summed E-state index contributed by atoms with van der Waals surface area (Å²) in [4.78, 5) is 4.08. The van der Waals surface area contributed by atoms with Crippen molar-refractivity contribution in [2.45, 2.75) is 12.8 Å². The lowest BCUT2D eigenvalue weighted by Crippen LogP contribution is -2.39. The van der Waals surface area contributed by atoms with Gasteiger partial charge in [-0.3, -0.25) is 4.99 Å². The SMILES string of the molecule is C#CCNC(=NC)NCC(C)c1ccsc1.I. The van der Waals surface area contributed by atoms with E-state index < -0.39 is 0 Å². The Bertz CT molecular complexity index is 368. The van der Waals surface area contributed by atoms with Crippen LogP contribution in [0.15, 0.2) is 21.8 Å². The first kappa shape index (κ1) is 16.3. The second-order valence-electron chi connectivity index (χ2n) is 3.47. The lowest BCUT2D eigenvalue weighted by Gasteiger charge is -2.14. The monoisotopic (exact) mass is 363 g/mol. The molecule has 5 heteroatoms. The lowest BCUT2D eigenvalue weighted by atomic mass is 10.1. The first-order valence-electron chi connectivity index (χ1n) is 5.18. The predicted octanol–water partition coefficient (Wildman–Crippen LogP) is 2.27. The predicted molar refractivity (Wildman–Crippen MR) is 86.3 cm³/mol. The van der Waals surface area contributed by atoms with Crippen molar-refractivity contribution < 1.29 is 0 Å². The maximum Gasteiger partial charge on any atom is 0.191 e. The summed E-state index contributed by atoms with van der Waals surface area (Å²) >= 11 is 1.72. The van der Waals surface area contributed by atoms with Crippen molar-refractivity contribution in [1.82, 2.24) is 10.6 Å². The number of thiophene rings is 1. The number of guanidine groups is 1. The second kappa shape index (κ2) is 9.31. The molecule has 0 fully saturated rings. The topological polar surface area (TPSA) is 36.4 Å². The fourth-order valence-electron chi connectivity index (χ4n) is 1.28. The molecule has 0 saturated carbocycles. The third-order valence-electron chi connectivity index (χ3n) is 2.27. The lowest BCUT2D eigenvalue weighted by molar-refractivity contribution is 0.708. The van der Waals surface area contributed by atoms with Crippen LogP contribution in [0.3, 0.4) is 0 Å². The Hall–Kier alpha value is -0.740. The van der Waals surface area contributed by atoms with Gasteiger partial charge >= 0.3 is 0 Å². The first-order valence-corrected chi connectivity index (χ1v) is 6.12. The number of aliphatic imine (C=N–C) groups is 1. The maximum absolute atomic E-state index is 5.17. The Morgan fingerprint density at radius 1 is 1.59 bits per heavy atom. The van der Waals surface area contributed by atoms with Crippen LogP contribution in [0.25, 0.3) is 0 Å². The zero-order valence-electron chi connectivity index (χ0n) is 10.1. The number of nitrogens with zero attached hydrogens (tertiary/aromatic N) is 1. The van der Waals surface area contributed by atoms with E-state index in [-0.39, 0.29) is 24.0 Å². The molecule has 1 aromatic rings. The van der Waals surface area contributed by atoms with Gasteiger partial charge in [-0.25, -0.2) is 0 Å². The van der Waals surface area contributed by atoms with Gasteiger partial charge in [0.25, 0.3) is 0 Å². The molecule has 0 amide bonds. The third-order valence-corrected chi connectivity index (χ3v) is 2.97. The summed E-state index contributed by atoms with van der Waals surface area (Å²) in [7, 11) is 1.74. The highest BCUT2D eigenvalue weighted by Crippen LogP contribution is 2.16. The molecule has 3 nitrogen and oxygen atoms in total. The van der Waals surface area contributed by atoms with Crippen molar-refractivity contribution in [3.63, 3.8) is 0 Å². The van der Waals surface area contributed by atoms with Crippen LogP contribution in [0.4, 0.5) is 0 Å². The number of nitrogens with one attached hydrogen (secondary N) is 2. The highest BCUT2D eigenvalue weighted by atomic mass is 127. The molecule has 94 valence electrons. The van der Waals surface area contributed by atoms with E-state index in [2.05, 4.69) is 45.3 Å². The summed E-state index contributed by atoms with van der Waals surface area (Å²) in [5.74, 6) is 3.74. The Labute approximate surface area is 124 Å². The highest BCUT2D eigenvalue weighted by molar-refractivity contribution is 14.0. The highest BCUT2D eigenvalue weighted by Gasteiger charge is 2.06. The molecule has 0 saturated heterocycles. The standard InChI is InChI=1S/C12H17N3S.HI/c1-4-6-14-12(13-3)15-8-10(2)11-5-7-16-9-11;/h1,5,7,9-10H,6,8H2,2-3H3,(H2,13,14,15);1H. The van der Waals surface area contributed by atoms with Crippen LogP contribution in [0.2, 0.25) is 0 Å². The fourth-order valence-corrected chi connectivity index (χ4v) is 2.06. The Morgan fingerprint density at radius 3 is 2.88 bits per heavy atom. The molecule has 0 aliphatic rings. The molecular weight excluding hydrogens is 345 g/mol. The van der Waals surface area contributed by atoms with Gasteiger partial charge < -0.3 is 10.6 Å². The van der Waals surface area contributed by atoms with E-state index in [4.69, 9.17) is 6.42 Å². The molecule has 0 aromatic carbocycles. The molecule has 1 unspecified atom stereocenters. The van der Waals surface area contributed by atoms with Gasteiger partial charge in [-0.2, -0.15) is 11.3 Å². The average molecular weight is 363 g/mol. The molecule has 2 N–H and O–H groups in total. The van der Waals surface area contributed by atoms with E-state index >= 15 is 0 Å². The van der Waals surface area contributed by atoms with Gasteiger partial charge in [0, 0.05) is 13.6 Å². The molecule has 17 heavy (non-hydrogen) atoms. The summed E-state index contributed by atoms with van der Waals surface area (Å²) in [5, 5.41) is 10.5. The van der Waals surface area contributed by atoms with Crippen LogP contribution in [-0.4, -0.2) is 26.1 Å². The van der Waals surface area contributed by atoms with Gasteiger partial charge in [0.2, 0.25) is 0 Å². The van der Waals surface area contributed by atoms with E-state index in [1.54, 1.807) is 18.4 Å². The van der Waals surface area contributed by atoms with Crippen LogP contribution in [0, 0.1) is 12.3 Å². The molecule has 0 spiro atoms. The van der Waals surface area contributed by atoms with Crippen molar-refractivity contribution in [2.24, 2.45) is 4.99 Å². The number of hydrogen-bond acceptors (Lipinski definition) is 2. The van der Waals surface area contributed by atoms with Crippen LogP contribution >= 0.6 is 35.3 Å². The number of rotatable bonds is 4. The average Bonchev–Trinajstić information content (AvgIpc) is 2.82. The molecule has 0 aliphatic carbocycles. The van der Waals surface area contributed by atoms with Crippen molar-refractivity contribution >= 4 is 41.3 Å². The molecule has 1 heterocycles. The zero-order valence-corrected chi connectivity index (χ0v) is 13.2. The van der Waals surface area contributed by atoms with Gasteiger partial charge in [-0.05, 0) is 28.3 Å². The van der Waals surface area contributed by atoms with Crippen LogP contribution in [0.5, 0.6) is 0 Å². The molecule has 0 radical (unpaired) electrons. The Balaban J connectivity index is 0.00000256. The minimum atomic E-state index is 0. The van der Waals surface area contributed by atoms with Crippen molar-refractivity contribution in [3.05, 3.63) is 22.4 Å². The van der Waals surface area contributed by atoms with Crippen molar-refractivity contribution in [2.75, 3.05) is 20.1 Å². The van der Waals surface area contributed by atoms with Gasteiger partial charge in [0.05, 0.1) is 6.54 Å². The van der Waals surface area contributed by atoms with Gasteiger partial charge in [0.1, 0.15) is 0 Å². The molecule has 1 aromatic heterocycles. The fraction of sp³-hybridized carbons (Fsp3) is 0.417. The van der Waals surface area contributed by atoms with Crippen molar-refractivity contribution in [3.8, 4) is 12.3 Å². The van der Waals surface area contributed by atoms with Crippen LogP contribution < -0.4 is 10.6 Å². The number of halogens is 1. The van der Waals surface area contributed by atoms with Gasteiger partial charge in [-0.15, -0.1) is 30.4 Å². The first-order chi connectivity index (χ1) is 7.77. The van der Waals surface area contributed by atoms with Gasteiger partial charge in [-0.1, -0.05) is 12.8 Å². The third kappa shape index (κ3) is 5.94.